The van der Waals surface area contributed by atoms with E-state index in [9.17, 15) is 23.1 Å². The lowest BCUT2D eigenvalue weighted by Gasteiger charge is -2.44. The molecule has 8 heteroatoms. The van der Waals surface area contributed by atoms with Gasteiger partial charge in [-0.3, -0.25) is 4.79 Å². The first-order valence-electron chi connectivity index (χ1n) is 6.56. The van der Waals surface area contributed by atoms with Gasteiger partial charge in [0.05, 0.1) is 18.2 Å². The molecule has 0 bridgehead atoms. The van der Waals surface area contributed by atoms with Crippen LogP contribution in [0.3, 0.4) is 0 Å². The first-order chi connectivity index (χ1) is 10.2. The van der Waals surface area contributed by atoms with Gasteiger partial charge in [0, 0.05) is 24.6 Å². The van der Waals surface area contributed by atoms with Crippen molar-refractivity contribution in [3.63, 3.8) is 0 Å². The molecule has 1 fully saturated rings. The molecule has 1 aliphatic carbocycles. The summed E-state index contributed by atoms with van der Waals surface area (Å²) >= 11 is 0. The molecule has 1 aliphatic rings. The molecule has 0 atom stereocenters. The number of rotatable bonds is 4. The zero-order chi connectivity index (χ0) is 16.4. The van der Waals surface area contributed by atoms with Crippen molar-refractivity contribution in [1.82, 2.24) is 5.32 Å². The van der Waals surface area contributed by atoms with E-state index in [0.29, 0.717) is 11.3 Å². The number of aliphatic hydroxyl groups is 1. The van der Waals surface area contributed by atoms with Crippen molar-refractivity contribution in [1.29, 1.82) is 5.26 Å². The number of amides is 1. The Labute approximate surface area is 124 Å². The molecule has 3 N–H and O–H groups in total. The Kier molecular flexibility index (Phi) is 4.28. The molecular formula is C14H14F3N3O2. The second-order valence-electron chi connectivity index (χ2n) is 5.24. The maximum absolute atomic E-state index is 12.4. The van der Waals surface area contributed by atoms with Crippen LogP contribution < -0.4 is 10.6 Å². The summed E-state index contributed by atoms with van der Waals surface area (Å²) in [6.45, 7) is -0.104. The lowest BCUT2D eigenvalue weighted by molar-refractivity contribution is -0.291. The Morgan fingerprint density at radius 2 is 1.95 bits per heavy atom. The van der Waals surface area contributed by atoms with Crippen molar-refractivity contribution in [3.8, 4) is 6.07 Å². The van der Waals surface area contributed by atoms with E-state index < -0.39 is 36.6 Å². The summed E-state index contributed by atoms with van der Waals surface area (Å²) in [5.74, 6) is -0.460. The molecule has 118 valence electrons. The summed E-state index contributed by atoms with van der Waals surface area (Å²) in [5.41, 5.74) is -1.59. The molecular weight excluding hydrogens is 299 g/mol. The van der Waals surface area contributed by atoms with Gasteiger partial charge in [0.2, 0.25) is 5.91 Å². The molecule has 0 heterocycles. The second kappa shape index (κ2) is 5.85. The number of nitrogens with zero attached hydrogens (tertiary/aromatic N) is 1. The van der Waals surface area contributed by atoms with E-state index >= 15 is 0 Å². The van der Waals surface area contributed by atoms with Crippen LogP contribution in [0.2, 0.25) is 0 Å². The van der Waals surface area contributed by atoms with Crippen LogP contribution in [0.15, 0.2) is 24.3 Å². The Bertz CT molecular complexity index is 587. The van der Waals surface area contributed by atoms with Crippen molar-refractivity contribution in [3.05, 3.63) is 29.8 Å². The standard InChI is InChI=1S/C14H14F3N3O2/c15-14(16,17)13(22)5-11(6-13)20-12(21)8-19-10-3-1-9(7-18)2-4-10/h1-4,11,19,22H,5-6,8H2,(H,20,21). The summed E-state index contributed by atoms with van der Waals surface area (Å²) < 4.78 is 37.3. The Morgan fingerprint density at radius 1 is 1.36 bits per heavy atom. The molecule has 22 heavy (non-hydrogen) atoms. The van der Waals surface area contributed by atoms with Gasteiger partial charge < -0.3 is 15.7 Å². The summed E-state index contributed by atoms with van der Waals surface area (Å²) in [5, 5.41) is 23.1. The topological polar surface area (TPSA) is 85.2 Å². The van der Waals surface area contributed by atoms with E-state index in [0.717, 1.165) is 0 Å². The number of benzene rings is 1. The first kappa shape index (κ1) is 16.1. The molecule has 0 saturated heterocycles. The van der Waals surface area contributed by atoms with Gasteiger partial charge in [-0.25, -0.2) is 0 Å². The van der Waals surface area contributed by atoms with Crippen molar-refractivity contribution in [2.24, 2.45) is 0 Å². The van der Waals surface area contributed by atoms with Crippen molar-refractivity contribution in [2.45, 2.75) is 30.7 Å². The lowest BCUT2D eigenvalue weighted by atomic mass is 9.75. The average Bonchev–Trinajstić information content (AvgIpc) is 2.42. The van der Waals surface area contributed by atoms with Gasteiger partial charge in [0.15, 0.2) is 5.60 Å². The Balaban J connectivity index is 1.74. The molecule has 0 radical (unpaired) electrons. The van der Waals surface area contributed by atoms with Crippen LogP contribution in [-0.4, -0.2) is 35.4 Å². The predicted octanol–water partition coefficient (Wildman–Crippen LogP) is 1.54. The van der Waals surface area contributed by atoms with Gasteiger partial charge >= 0.3 is 6.18 Å². The number of nitriles is 1. The number of carbonyl (C=O) groups excluding carboxylic acids is 1. The van der Waals surface area contributed by atoms with Crippen LogP contribution in [0, 0.1) is 11.3 Å². The number of alkyl halides is 3. The second-order valence-corrected chi connectivity index (χ2v) is 5.24. The Hall–Kier alpha value is -2.27. The third-order valence-electron chi connectivity index (χ3n) is 3.53. The average molecular weight is 313 g/mol. The van der Waals surface area contributed by atoms with Gasteiger partial charge in [0.1, 0.15) is 0 Å². The van der Waals surface area contributed by atoms with Crippen LogP contribution in [0.4, 0.5) is 18.9 Å². The minimum Gasteiger partial charge on any atom is -0.380 e. The van der Waals surface area contributed by atoms with Crippen LogP contribution in [0.25, 0.3) is 0 Å². The van der Waals surface area contributed by atoms with E-state index in [2.05, 4.69) is 10.6 Å². The van der Waals surface area contributed by atoms with Crippen molar-refractivity contribution in [2.75, 3.05) is 11.9 Å². The van der Waals surface area contributed by atoms with Crippen molar-refractivity contribution >= 4 is 11.6 Å². The van der Waals surface area contributed by atoms with Crippen LogP contribution in [0.1, 0.15) is 18.4 Å². The highest BCUT2D eigenvalue weighted by molar-refractivity contribution is 5.81. The molecule has 1 amide bonds. The lowest BCUT2D eigenvalue weighted by Crippen LogP contribution is -2.62. The zero-order valence-electron chi connectivity index (χ0n) is 11.4. The summed E-state index contributed by atoms with van der Waals surface area (Å²) in [6, 6.07) is 7.68. The summed E-state index contributed by atoms with van der Waals surface area (Å²) in [6.07, 6.45) is -5.73. The van der Waals surface area contributed by atoms with Crippen LogP contribution in [0.5, 0.6) is 0 Å². The number of carbonyl (C=O) groups is 1. The molecule has 1 aromatic rings. The smallest absolute Gasteiger partial charge is 0.380 e. The van der Waals surface area contributed by atoms with Crippen LogP contribution in [-0.2, 0) is 4.79 Å². The predicted molar refractivity (Wildman–Crippen MR) is 71.8 cm³/mol. The van der Waals surface area contributed by atoms with E-state index in [1.54, 1.807) is 24.3 Å². The third kappa shape index (κ3) is 3.49. The normalized spacial score (nSPS) is 24.0. The maximum Gasteiger partial charge on any atom is 0.417 e. The highest BCUT2D eigenvalue weighted by Crippen LogP contribution is 2.45. The fourth-order valence-corrected chi connectivity index (χ4v) is 2.21. The number of halogens is 3. The van der Waals surface area contributed by atoms with Crippen LogP contribution >= 0.6 is 0 Å². The summed E-state index contributed by atoms with van der Waals surface area (Å²) in [7, 11) is 0. The largest absolute Gasteiger partial charge is 0.417 e. The van der Waals surface area contributed by atoms with E-state index in [1.807, 2.05) is 6.07 Å². The van der Waals surface area contributed by atoms with Gasteiger partial charge in [0.25, 0.3) is 0 Å². The Morgan fingerprint density at radius 3 is 2.45 bits per heavy atom. The molecule has 1 saturated carbocycles. The number of hydrogen-bond donors (Lipinski definition) is 3. The number of anilines is 1. The minimum absolute atomic E-state index is 0.104. The molecule has 0 unspecified atom stereocenters. The fraction of sp³-hybridized carbons (Fsp3) is 0.429. The van der Waals surface area contributed by atoms with Gasteiger partial charge in [-0.05, 0) is 24.3 Å². The zero-order valence-corrected chi connectivity index (χ0v) is 11.4. The molecule has 5 nitrogen and oxygen atoms in total. The highest BCUT2D eigenvalue weighted by Gasteiger charge is 2.61. The molecule has 0 aromatic heterocycles. The quantitative estimate of drug-likeness (QED) is 0.787. The van der Waals surface area contributed by atoms with Gasteiger partial charge in [-0.1, -0.05) is 0 Å². The first-order valence-corrected chi connectivity index (χ1v) is 6.56. The highest BCUT2D eigenvalue weighted by atomic mass is 19.4. The third-order valence-corrected chi connectivity index (χ3v) is 3.53. The fourth-order valence-electron chi connectivity index (χ4n) is 2.21. The number of hydrogen-bond acceptors (Lipinski definition) is 4. The monoisotopic (exact) mass is 313 g/mol. The van der Waals surface area contributed by atoms with Gasteiger partial charge in [-0.15, -0.1) is 0 Å². The molecule has 2 rings (SSSR count). The van der Waals surface area contributed by atoms with E-state index in [-0.39, 0.29) is 6.54 Å². The molecule has 1 aromatic carbocycles. The van der Waals surface area contributed by atoms with Gasteiger partial charge in [-0.2, -0.15) is 18.4 Å². The molecule has 0 aliphatic heterocycles. The number of nitrogens with one attached hydrogen (secondary N) is 2. The maximum atomic E-state index is 12.4. The van der Waals surface area contributed by atoms with Crippen molar-refractivity contribution < 1.29 is 23.1 Å². The van der Waals surface area contributed by atoms with E-state index in [4.69, 9.17) is 5.26 Å². The van der Waals surface area contributed by atoms with E-state index in [1.165, 1.54) is 0 Å². The minimum atomic E-state index is -4.67. The summed E-state index contributed by atoms with van der Waals surface area (Å²) in [4.78, 5) is 11.6. The molecule has 0 spiro atoms. The SMILES string of the molecule is N#Cc1ccc(NCC(=O)NC2CC(O)(C(F)(F)F)C2)cc1.